The fourth-order valence-corrected chi connectivity index (χ4v) is 1.19. The molecule has 0 aliphatic carbocycles. The van der Waals surface area contributed by atoms with E-state index in [1.165, 1.54) is 6.07 Å². The molecule has 0 saturated carbocycles. The first kappa shape index (κ1) is 11.7. The van der Waals surface area contributed by atoms with Crippen molar-refractivity contribution in [2.24, 2.45) is 0 Å². The van der Waals surface area contributed by atoms with Gasteiger partial charge in [0.25, 0.3) is 0 Å². The molecule has 0 atom stereocenters. The standard InChI is InChI=1S/C10H12F3NO/c1-7-4-5-9(15-10(11,12)13)8(6-7)14(2)3/h4-6H,1-3H3. The summed E-state index contributed by atoms with van der Waals surface area (Å²) in [6.45, 7) is 1.81. The number of anilines is 1. The van der Waals surface area contributed by atoms with Gasteiger partial charge in [-0.2, -0.15) is 0 Å². The summed E-state index contributed by atoms with van der Waals surface area (Å²) in [5.41, 5.74) is 1.29. The molecule has 5 heteroatoms. The van der Waals surface area contributed by atoms with Crippen LogP contribution in [0.1, 0.15) is 5.56 Å². The Bertz CT molecular complexity index is 347. The molecule has 0 fully saturated rings. The molecule has 0 amide bonds. The number of nitrogens with zero attached hydrogens (tertiary/aromatic N) is 1. The zero-order valence-electron chi connectivity index (χ0n) is 8.72. The molecule has 0 heterocycles. The van der Waals surface area contributed by atoms with E-state index in [-0.39, 0.29) is 5.75 Å². The first-order valence-corrected chi connectivity index (χ1v) is 4.33. The van der Waals surface area contributed by atoms with E-state index in [1.807, 2.05) is 6.92 Å². The molecule has 0 unspecified atom stereocenters. The van der Waals surface area contributed by atoms with Crippen LogP contribution in [0.3, 0.4) is 0 Å². The average Bonchev–Trinajstić information content (AvgIpc) is 2.05. The molecule has 0 radical (unpaired) electrons. The van der Waals surface area contributed by atoms with E-state index in [4.69, 9.17) is 0 Å². The van der Waals surface area contributed by atoms with E-state index in [0.717, 1.165) is 5.56 Å². The Hall–Kier alpha value is -1.39. The molecule has 2 nitrogen and oxygen atoms in total. The summed E-state index contributed by atoms with van der Waals surface area (Å²) in [7, 11) is 3.33. The van der Waals surface area contributed by atoms with Gasteiger partial charge in [-0.15, -0.1) is 13.2 Å². The Kier molecular flexibility index (Phi) is 3.12. The molecular formula is C10H12F3NO. The number of aryl methyl sites for hydroxylation is 1. The molecule has 1 aromatic carbocycles. The van der Waals surface area contributed by atoms with Crippen LogP contribution in [-0.4, -0.2) is 20.5 Å². The van der Waals surface area contributed by atoms with Crippen molar-refractivity contribution >= 4 is 5.69 Å². The van der Waals surface area contributed by atoms with Crippen LogP contribution in [0.4, 0.5) is 18.9 Å². The molecule has 84 valence electrons. The van der Waals surface area contributed by atoms with Crippen LogP contribution < -0.4 is 9.64 Å². The molecule has 0 saturated heterocycles. The second-order valence-electron chi connectivity index (χ2n) is 3.41. The van der Waals surface area contributed by atoms with E-state index >= 15 is 0 Å². The number of hydrogen-bond acceptors (Lipinski definition) is 2. The zero-order valence-corrected chi connectivity index (χ0v) is 8.72. The zero-order chi connectivity index (χ0) is 11.6. The van der Waals surface area contributed by atoms with Crippen molar-refractivity contribution in [2.45, 2.75) is 13.3 Å². The van der Waals surface area contributed by atoms with Crippen LogP contribution in [0, 0.1) is 6.92 Å². The topological polar surface area (TPSA) is 12.5 Å². The Labute approximate surface area is 86.3 Å². The van der Waals surface area contributed by atoms with Crippen LogP contribution in [0.15, 0.2) is 18.2 Å². The van der Waals surface area contributed by atoms with E-state index in [9.17, 15) is 13.2 Å². The van der Waals surface area contributed by atoms with Crippen molar-refractivity contribution in [1.82, 2.24) is 0 Å². The van der Waals surface area contributed by atoms with Gasteiger partial charge in [0.2, 0.25) is 0 Å². The highest BCUT2D eigenvalue weighted by atomic mass is 19.4. The van der Waals surface area contributed by atoms with Gasteiger partial charge in [-0.3, -0.25) is 0 Å². The third-order valence-corrected chi connectivity index (χ3v) is 1.82. The highest BCUT2D eigenvalue weighted by molar-refractivity contribution is 5.59. The molecule has 1 rings (SSSR count). The highest BCUT2D eigenvalue weighted by Gasteiger charge is 2.32. The quantitative estimate of drug-likeness (QED) is 0.758. The second-order valence-corrected chi connectivity index (χ2v) is 3.41. The lowest BCUT2D eigenvalue weighted by atomic mass is 10.2. The SMILES string of the molecule is Cc1ccc(OC(F)(F)F)c(N(C)C)c1. The maximum Gasteiger partial charge on any atom is 0.573 e. The number of halogens is 3. The van der Waals surface area contributed by atoms with Gasteiger partial charge >= 0.3 is 6.36 Å². The Morgan fingerprint density at radius 2 is 1.80 bits per heavy atom. The maximum absolute atomic E-state index is 12.0. The molecule has 0 aromatic heterocycles. The number of alkyl halides is 3. The van der Waals surface area contributed by atoms with Gasteiger partial charge in [-0.1, -0.05) is 6.07 Å². The Morgan fingerprint density at radius 1 is 1.20 bits per heavy atom. The summed E-state index contributed by atoms with van der Waals surface area (Å²) in [5.74, 6) is -0.182. The largest absolute Gasteiger partial charge is 0.573 e. The summed E-state index contributed by atoms with van der Waals surface area (Å²) in [6.07, 6.45) is -4.65. The minimum Gasteiger partial charge on any atom is -0.404 e. The third-order valence-electron chi connectivity index (χ3n) is 1.82. The minimum absolute atomic E-state index is 0.182. The highest BCUT2D eigenvalue weighted by Crippen LogP contribution is 2.32. The predicted molar refractivity (Wildman–Crippen MR) is 52.2 cm³/mol. The van der Waals surface area contributed by atoms with E-state index in [2.05, 4.69) is 4.74 Å². The summed E-state index contributed by atoms with van der Waals surface area (Å²) in [6, 6.07) is 4.54. The first-order chi connectivity index (χ1) is 6.79. The fourth-order valence-electron chi connectivity index (χ4n) is 1.19. The van der Waals surface area contributed by atoms with Crippen LogP contribution in [-0.2, 0) is 0 Å². The monoisotopic (exact) mass is 219 g/mol. The summed E-state index contributed by atoms with van der Waals surface area (Å²) < 4.78 is 40.0. The van der Waals surface area contributed by atoms with Gasteiger partial charge in [-0.25, -0.2) is 0 Å². The van der Waals surface area contributed by atoms with Gasteiger partial charge in [-0.05, 0) is 24.6 Å². The summed E-state index contributed by atoms with van der Waals surface area (Å²) in [4.78, 5) is 1.58. The molecule has 0 aliphatic rings. The number of rotatable bonds is 2. The van der Waals surface area contributed by atoms with Gasteiger partial charge in [0.05, 0.1) is 5.69 Å². The summed E-state index contributed by atoms with van der Waals surface area (Å²) in [5, 5.41) is 0. The number of hydrogen-bond donors (Lipinski definition) is 0. The molecule has 1 aromatic rings. The van der Waals surface area contributed by atoms with Crippen LogP contribution >= 0.6 is 0 Å². The smallest absolute Gasteiger partial charge is 0.404 e. The Morgan fingerprint density at radius 3 is 2.27 bits per heavy atom. The molecule has 15 heavy (non-hydrogen) atoms. The first-order valence-electron chi connectivity index (χ1n) is 4.33. The molecule has 0 bridgehead atoms. The van der Waals surface area contributed by atoms with Crippen LogP contribution in [0.25, 0.3) is 0 Å². The molecule has 0 spiro atoms. The lowest BCUT2D eigenvalue weighted by Crippen LogP contribution is -2.20. The normalized spacial score (nSPS) is 11.3. The van der Waals surface area contributed by atoms with Crippen molar-refractivity contribution in [3.8, 4) is 5.75 Å². The number of benzene rings is 1. The van der Waals surface area contributed by atoms with Gasteiger partial charge in [0.1, 0.15) is 0 Å². The predicted octanol–water partition coefficient (Wildman–Crippen LogP) is 2.96. The third kappa shape index (κ3) is 3.34. The Balaban J connectivity index is 3.06. The van der Waals surface area contributed by atoms with Gasteiger partial charge in [0.15, 0.2) is 5.75 Å². The van der Waals surface area contributed by atoms with Crippen molar-refractivity contribution in [2.75, 3.05) is 19.0 Å². The minimum atomic E-state index is -4.65. The number of ether oxygens (including phenoxy) is 1. The fraction of sp³-hybridized carbons (Fsp3) is 0.400. The summed E-state index contributed by atoms with van der Waals surface area (Å²) >= 11 is 0. The molecular weight excluding hydrogens is 207 g/mol. The van der Waals surface area contributed by atoms with E-state index in [1.54, 1.807) is 31.1 Å². The van der Waals surface area contributed by atoms with E-state index < -0.39 is 6.36 Å². The second kappa shape index (κ2) is 4.00. The maximum atomic E-state index is 12.0. The van der Waals surface area contributed by atoms with Gasteiger partial charge < -0.3 is 9.64 Å². The van der Waals surface area contributed by atoms with E-state index in [0.29, 0.717) is 5.69 Å². The lowest BCUT2D eigenvalue weighted by Gasteiger charge is -2.19. The van der Waals surface area contributed by atoms with Crippen LogP contribution in [0.2, 0.25) is 0 Å². The van der Waals surface area contributed by atoms with Gasteiger partial charge in [0, 0.05) is 14.1 Å². The molecule has 0 aliphatic heterocycles. The average molecular weight is 219 g/mol. The lowest BCUT2D eigenvalue weighted by molar-refractivity contribution is -0.274. The van der Waals surface area contributed by atoms with Crippen molar-refractivity contribution in [3.63, 3.8) is 0 Å². The van der Waals surface area contributed by atoms with Crippen molar-refractivity contribution < 1.29 is 17.9 Å². The molecule has 0 N–H and O–H groups in total. The van der Waals surface area contributed by atoms with Crippen molar-refractivity contribution in [1.29, 1.82) is 0 Å². The van der Waals surface area contributed by atoms with Crippen LogP contribution in [0.5, 0.6) is 5.75 Å². The van der Waals surface area contributed by atoms with Crippen molar-refractivity contribution in [3.05, 3.63) is 23.8 Å².